The van der Waals surface area contributed by atoms with Crippen LogP contribution in [0, 0.1) is 0 Å². The van der Waals surface area contributed by atoms with E-state index < -0.39 is 22.9 Å². The number of amides is 2. The Balaban J connectivity index is 0. The summed E-state index contributed by atoms with van der Waals surface area (Å²) < 4.78 is 0. The largest absolute Gasteiger partial charge is 0.412 e. The first-order chi connectivity index (χ1) is 6.09. The smallest absolute Gasteiger partial charge is 0.246 e. The molecular formula is C8H18N4O3. The van der Waals surface area contributed by atoms with Crippen LogP contribution in [0.15, 0.2) is 10.2 Å². The van der Waals surface area contributed by atoms with E-state index in [1.54, 1.807) is 0 Å². The molecule has 0 radical (unpaired) electrons. The van der Waals surface area contributed by atoms with Gasteiger partial charge in [0.15, 0.2) is 11.1 Å². The van der Waals surface area contributed by atoms with E-state index >= 15 is 0 Å². The Bertz CT molecular complexity index is 256. The molecule has 0 aliphatic rings. The van der Waals surface area contributed by atoms with Crippen LogP contribution in [0.1, 0.15) is 27.7 Å². The fourth-order valence-electron chi connectivity index (χ4n) is 0.349. The van der Waals surface area contributed by atoms with Crippen LogP contribution in [-0.4, -0.2) is 28.4 Å². The van der Waals surface area contributed by atoms with Crippen LogP contribution in [0.25, 0.3) is 0 Å². The van der Waals surface area contributed by atoms with E-state index in [0.29, 0.717) is 0 Å². The molecule has 0 bridgehead atoms. The standard InChI is InChI=1S/C8H16N4O2.H2O/c1-7(2,5(9)13)11-12-8(3,4)6(10)14;/h1-4H3,(H2,9,13)(H2,10,14);1H2/b12-11+;. The number of primary amides is 2. The number of hydrogen-bond acceptors (Lipinski definition) is 4. The third kappa shape index (κ3) is 4.50. The molecule has 0 aromatic carbocycles. The predicted octanol–water partition coefficient (Wildman–Crippen LogP) is -0.858. The molecule has 88 valence electrons. The Morgan fingerprint density at radius 1 is 0.867 bits per heavy atom. The topological polar surface area (TPSA) is 142 Å². The molecule has 0 aliphatic carbocycles. The fraction of sp³-hybridized carbons (Fsp3) is 0.750. The molecule has 0 spiro atoms. The quantitative estimate of drug-likeness (QED) is 0.592. The van der Waals surface area contributed by atoms with Crippen molar-refractivity contribution in [2.24, 2.45) is 21.7 Å². The van der Waals surface area contributed by atoms with Gasteiger partial charge in [0, 0.05) is 0 Å². The highest BCUT2D eigenvalue weighted by molar-refractivity contribution is 5.84. The van der Waals surface area contributed by atoms with Gasteiger partial charge in [0.25, 0.3) is 0 Å². The lowest BCUT2D eigenvalue weighted by molar-refractivity contribution is -0.124. The van der Waals surface area contributed by atoms with Crippen LogP contribution in [-0.2, 0) is 9.59 Å². The monoisotopic (exact) mass is 218 g/mol. The summed E-state index contributed by atoms with van der Waals surface area (Å²) in [5.41, 5.74) is 7.90. The Morgan fingerprint density at radius 3 is 1.20 bits per heavy atom. The summed E-state index contributed by atoms with van der Waals surface area (Å²) in [6, 6.07) is 0. The normalized spacial score (nSPS) is 12.3. The summed E-state index contributed by atoms with van der Waals surface area (Å²) in [7, 11) is 0. The molecule has 7 heteroatoms. The van der Waals surface area contributed by atoms with Crippen LogP contribution in [0.5, 0.6) is 0 Å². The van der Waals surface area contributed by atoms with Crippen molar-refractivity contribution in [3.8, 4) is 0 Å². The van der Waals surface area contributed by atoms with Crippen LogP contribution in [0.2, 0.25) is 0 Å². The molecule has 15 heavy (non-hydrogen) atoms. The van der Waals surface area contributed by atoms with E-state index in [-0.39, 0.29) is 5.48 Å². The molecule has 0 heterocycles. The van der Waals surface area contributed by atoms with Crippen LogP contribution < -0.4 is 11.5 Å². The van der Waals surface area contributed by atoms with Crippen molar-refractivity contribution in [1.82, 2.24) is 0 Å². The van der Waals surface area contributed by atoms with Crippen molar-refractivity contribution in [3.05, 3.63) is 0 Å². The number of azo groups is 1. The molecule has 0 saturated heterocycles. The number of nitrogens with two attached hydrogens (primary N) is 2. The first-order valence-corrected chi connectivity index (χ1v) is 4.13. The predicted molar refractivity (Wildman–Crippen MR) is 55.0 cm³/mol. The van der Waals surface area contributed by atoms with Gasteiger partial charge >= 0.3 is 0 Å². The molecule has 6 N–H and O–H groups in total. The molecule has 0 aromatic rings. The van der Waals surface area contributed by atoms with Crippen molar-refractivity contribution >= 4 is 11.8 Å². The van der Waals surface area contributed by atoms with Crippen molar-refractivity contribution in [1.29, 1.82) is 0 Å². The first kappa shape index (κ1) is 15.9. The van der Waals surface area contributed by atoms with E-state index in [1.807, 2.05) is 0 Å². The number of rotatable bonds is 4. The van der Waals surface area contributed by atoms with Crippen molar-refractivity contribution < 1.29 is 15.1 Å². The number of carbonyl (C=O) groups is 2. The third-order valence-corrected chi connectivity index (χ3v) is 1.76. The zero-order valence-electron chi connectivity index (χ0n) is 9.37. The summed E-state index contributed by atoms with van der Waals surface area (Å²) in [5.74, 6) is -1.22. The van der Waals surface area contributed by atoms with E-state index in [2.05, 4.69) is 10.2 Å². The molecule has 0 fully saturated rings. The number of hydrogen-bond donors (Lipinski definition) is 2. The molecule has 0 unspecified atom stereocenters. The van der Waals surface area contributed by atoms with E-state index in [0.717, 1.165) is 0 Å². The average Bonchev–Trinajstić information content (AvgIpc) is 2.01. The lowest BCUT2D eigenvalue weighted by Gasteiger charge is -2.17. The molecule has 0 aromatic heterocycles. The zero-order chi connectivity index (χ0) is 11.6. The Labute approximate surface area is 88.2 Å². The summed E-state index contributed by atoms with van der Waals surface area (Å²) in [6.07, 6.45) is 0. The lowest BCUT2D eigenvalue weighted by atomic mass is 10.1. The van der Waals surface area contributed by atoms with E-state index in [4.69, 9.17) is 11.5 Å². The summed E-state index contributed by atoms with van der Waals surface area (Å²) in [6.45, 7) is 6.04. The first-order valence-electron chi connectivity index (χ1n) is 4.13. The number of carbonyl (C=O) groups excluding carboxylic acids is 2. The average molecular weight is 218 g/mol. The molecule has 7 nitrogen and oxygen atoms in total. The van der Waals surface area contributed by atoms with Gasteiger partial charge in [-0.05, 0) is 27.7 Å². The lowest BCUT2D eigenvalue weighted by Crippen LogP contribution is -2.39. The second kappa shape index (κ2) is 4.83. The van der Waals surface area contributed by atoms with Gasteiger partial charge in [-0.3, -0.25) is 9.59 Å². The Hall–Kier alpha value is -1.50. The minimum absolute atomic E-state index is 0. The van der Waals surface area contributed by atoms with Crippen LogP contribution in [0.3, 0.4) is 0 Å². The summed E-state index contributed by atoms with van der Waals surface area (Å²) in [5, 5.41) is 7.40. The van der Waals surface area contributed by atoms with Gasteiger partial charge in [0.2, 0.25) is 11.8 Å². The Morgan fingerprint density at radius 2 is 1.07 bits per heavy atom. The van der Waals surface area contributed by atoms with Crippen molar-refractivity contribution in [2.45, 2.75) is 38.8 Å². The highest BCUT2D eigenvalue weighted by atomic mass is 16.2. The van der Waals surface area contributed by atoms with Gasteiger partial charge in [0.05, 0.1) is 0 Å². The van der Waals surface area contributed by atoms with Crippen LogP contribution in [0.4, 0.5) is 0 Å². The zero-order valence-corrected chi connectivity index (χ0v) is 9.37. The minimum atomic E-state index is -1.12. The van der Waals surface area contributed by atoms with Gasteiger partial charge in [-0.2, -0.15) is 10.2 Å². The van der Waals surface area contributed by atoms with Gasteiger partial charge in [-0.15, -0.1) is 0 Å². The molecular weight excluding hydrogens is 200 g/mol. The molecule has 0 saturated carbocycles. The second-order valence-electron chi connectivity index (χ2n) is 4.05. The van der Waals surface area contributed by atoms with Gasteiger partial charge < -0.3 is 16.9 Å². The molecule has 0 atom stereocenters. The van der Waals surface area contributed by atoms with Crippen molar-refractivity contribution in [2.75, 3.05) is 0 Å². The van der Waals surface area contributed by atoms with Gasteiger partial charge in [0.1, 0.15) is 0 Å². The maximum absolute atomic E-state index is 10.9. The number of nitrogens with zero attached hydrogens (tertiary/aromatic N) is 2. The van der Waals surface area contributed by atoms with Crippen molar-refractivity contribution in [3.63, 3.8) is 0 Å². The van der Waals surface area contributed by atoms with Gasteiger partial charge in [-0.1, -0.05) is 0 Å². The maximum Gasteiger partial charge on any atom is 0.246 e. The Kier molecular flexibility index (Phi) is 5.14. The van der Waals surface area contributed by atoms with Crippen LogP contribution >= 0.6 is 0 Å². The molecule has 0 aliphatic heterocycles. The SMILES string of the molecule is CC(C)(/N=N/C(C)(C)C(N)=O)C(N)=O.O. The summed E-state index contributed by atoms with van der Waals surface area (Å²) >= 11 is 0. The minimum Gasteiger partial charge on any atom is -0.412 e. The summed E-state index contributed by atoms with van der Waals surface area (Å²) in [4.78, 5) is 21.7. The van der Waals surface area contributed by atoms with E-state index in [1.165, 1.54) is 27.7 Å². The highest BCUT2D eigenvalue weighted by Crippen LogP contribution is 2.14. The van der Waals surface area contributed by atoms with E-state index in [9.17, 15) is 9.59 Å². The molecule has 0 rings (SSSR count). The molecule has 2 amide bonds. The maximum atomic E-state index is 10.9. The van der Waals surface area contributed by atoms with Gasteiger partial charge in [-0.25, -0.2) is 0 Å². The second-order valence-corrected chi connectivity index (χ2v) is 4.05. The fourth-order valence-corrected chi connectivity index (χ4v) is 0.349. The highest BCUT2D eigenvalue weighted by Gasteiger charge is 2.29. The third-order valence-electron chi connectivity index (χ3n) is 1.76.